The Labute approximate surface area is 275 Å². The summed E-state index contributed by atoms with van der Waals surface area (Å²) in [6.07, 6.45) is 1.98. The molecule has 2 amide bonds. The highest BCUT2D eigenvalue weighted by molar-refractivity contribution is 7.90. The lowest BCUT2D eigenvalue weighted by Gasteiger charge is -2.44. The fourth-order valence-corrected chi connectivity index (χ4v) is 8.49. The number of carbonyl (C=O) groups excluding carboxylic acids is 1. The van der Waals surface area contributed by atoms with Crippen LogP contribution in [0.3, 0.4) is 0 Å². The van der Waals surface area contributed by atoms with Crippen molar-refractivity contribution in [1.29, 1.82) is 0 Å². The minimum absolute atomic E-state index is 0.00358. The normalized spacial score (nSPS) is 19.8. The lowest BCUT2D eigenvalue weighted by molar-refractivity contribution is -0.117. The predicted octanol–water partition coefficient (Wildman–Crippen LogP) is 5.94. The van der Waals surface area contributed by atoms with Crippen LogP contribution in [0, 0.1) is 11.6 Å². The van der Waals surface area contributed by atoms with Crippen LogP contribution < -0.4 is 5.32 Å². The van der Waals surface area contributed by atoms with Gasteiger partial charge in [0.2, 0.25) is 15.9 Å². The Morgan fingerprint density at radius 1 is 1.15 bits per heavy atom. The molecule has 1 aliphatic carbocycles. The fraction of sp³-hybridized carbons (Fsp3) is 0.387. The third kappa shape index (κ3) is 7.65. The van der Waals surface area contributed by atoms with E-state index in [4.69, 9.17) is 11.6 Å². The van der Waals surface area contributed by atoms with Crippen LogP contribution in [0.2, 0.25) is 5.02 Å². The summed E-state index contributed by atoms with van der Waals surface area (Å²) >= 11 is 6.07. The standard InChI is InChI=1S/C31H32ClF2N7O5S/c1-18-16-40(31(43)44)17-23(41(18)47(45,46)24-10-11-24)9-12-25-26(34)14-36-15-27(25)37-30(42)29(38-39-35)28(19-5-7-21(32)8-6-19)20-3-2-4-22(33)13-20/h2-8,13-15,18,23-24,28-29H,9-12,16-17H2,1H3,(H,37,42)(H,43,44). The van der Waals surface area contributed by atoms with Crippen LogP contribution in [0.5, 0.6) is 0 Å². The summed E-state index contributed by atoms with van der Waals surface area (Å²) in [4.78, 5) is 33.6. The number of rotatable bonds is 11. The molecule has 2 aliphatic rings. The molecule has 2 N–H and O–H groups in total. The molecule has 1 aromatic heterocycles. The Bertz CT molecular complexity index is 1810. The largest absolute Gasteiger partial charge is 0.465 e. The second-order valence-electron chi connectivity index (χ2n) is 11.7. The van der Waals surface area contributed by atoms with Crippen molar-refractivity contribution in [3.8, 4) is 0 Å². The van der Waals surface area contributed by atoms with Gasteiger partial charge >= 0.3 is 6.09 Å². The van der Waals surface area contributed by atoms with Crippen molar-refractivity contribution in [3.63, 3.8) is 0 Å². The highest BCUT2D eigenvalue weighted by atomic mass is 35.5. The van der Waals surface area contributed by atoms with Crippen LogP contribution in [0.1, 0.15) is 48.8 Å². The molecule has 47 heavy (non-hydrogen) atoms. The molecule has 4 unspecified atom stereocenters. The predicted molar refractivity (Wildman–Crippen MR) is 170 cm³/mol. The molecule has 2 fully saturated rings. The summed E-state index contributed by atoms with van der Waals surface area (Å²) in [6, 6.07) is 8.99. The van der Waals surface area contributed by atoms with E-state index in [1.165, 1.54) is 28.7 Å². The zero-order valence-corrected chi connectivity index (χ0v) is 26.8. The van der Waals surface area contributed by atoms with Crippen molar-refractivity contribution >= 4 is 39.3 Å². The summed E-state index contributed by atoms with van der Waals surface area (Å²) < 4.78 is 57.7. The van der Waals surface area contributed by atoms with Crippen molar-refractivity contribution < 1.29 is 31.9 Å². The van der Waals surface area contributed by atoms with E-state index in [-0.39, 0.29) is 37.2 Å². The highest BCUT2D eigenvalue weighted by Crippen LogP contribution is 2.36. The molecule has 1 saturated carbocycles. The number of hydrogen-bond donors (Lipinski definition) is 2. The number of nitrogens with one attached hydrogen (secondary N) is 1. The molecule has 4 atom stereocenters. The Balaban J connectivity index is 1.44. The van der Waals surface area contributed by atoms with Gasteiger partial charge < -0.3 is 15.3 Å². The van der Waals surface area contributed by atoms with Crippen LogP contribution in [-0.2, 0) is 21.2 Å². The van der Waals surface area contributed by atoms with E-state index < -0.39 is 63.0 Å². The summed E-state index contributed by atoms with van der Waals surface area (Å²) in [6.45, 7) is 1.55. The van der Waals surface area contributed by atoms with Gasteiger partial charge in [-0.25, -0.2) is 22.0 Å². The summed E-state index contributed by atoms with van der Waals surface area (Å²) in [7, 11) is -3.71. The number of carboxylic acid groups (broad SMARTS) is 1. The number of benzene rings is 2. The number of pyridine rings is 1. The number of hydrogen-bond acceptors (Lipinski definition) is 6. The second-order valence-corrected chi connectivity index (χ2v) is 14.2. The van der Waals surface area contributed by atoms with E-state index in [0.717, 1.165) is 11.1 Å². The van der Waals surface area contributed by atoms with E-state index in [0.29, 0.717) is 29.0 Å². The molecule has 1 aliphatic heterocycles. The molecule has 248 valence electrons. The Morgan fingerprint density at radius 2 is 1.87 bits per heavy atom. The zero-order chi connectivity index (χ0) is 33.9. The molecule has 0 radical (unpaired) electrons. The number of carbonyl (C=O) groups is 2. The first-order valence-corrected chi connectivity index (χ1v) is 16.8. The first kappa shape index (κ1) is 34.0. The maximum atomic E-state index is 15.3. The van der Waals surface area contributed by atoms with Crippen molar-refractivity contribution in [2.75, 3.05) is 18.4 Å². The van der Waals surface area contributed by atoms with Gasteiger partial charge in [-0.3, -0.25) is 9.78 Å². The Morgan fingerprint density at radius 3 is 2.51 bits per heavy atom. The number of halogens is 3. The van der Waals surface area contributed by atoms with Gasteiger partial charge in [-0.15, -0.1) is 0 Å². The second kappa shape index (κ2) is 14.2. The maximum Gasteiger partial charge on any atom is 0.407 e. The molecule has 12 nitrogen and oxygen atoms in total. The molecular weight excluding hydrogens is 656 g/mol. The third-order valence-electron chi connectivity index (χ3n) is 8.41. The molecule has 0 bridgehead atoms. The maximum absolute atomic E-state index is 15.3. The minimum Gasteiger partial charge on any atom is -0.465 e. The van der Waals surface area contributed by atoms with Gasteiger partial charge in [0.25, 0.3) is 0 Å². The zero-order valence-electron chi connectivity index (χ0n) is 25.2. The monoisotopic (exact) mass is 687 g/mol. The first-order valence-electron chi connectivity index (χ1n) is 14.9. The van der Waals surface area contributed by atoms with E-state index in [9.17, 15) is 33.0 Å². The third-order valence-corrected chi connectivity index (χ3v) is 11.2. The SMILES string of the molecule is CC1CN(C(=O)O)CC(CCc2c(F)cncc2NC(=O)C(N=[N+]=[N-])C(c2ccc(Cl)cc2)c2cccc(F)c2)N1S(=O)(=O)C1CC1. The first-order chi connectivity index (χ1) is 22.4. The van der Waals surface area contributed by atoms with Crippen LogP contribution in [0.15, 0.2) is 66.0 Å². The number of amides is 2. The molecule has 1 saturated heterocycles. The topological polar surface area (TPSA) is 169 Å². The smallest absolute Gasteiger partial charge is 0.407 e. The molecule has 3 aromatic rings. The quantitative estimate of drug-likeness (QED) is 0.144. The van der Waals surface area contributed by atoms with Gasteiger partial charge in [0.1, 0.15) is 17.7 Å². The number of anilines is 1. The number of sulfonamides is 1. The number of nitrogens with zero attached hydrogens (tertiary/aromatic N) is 6. The Hall–Kier alpha value is -4.30. The van der Waals surface area contributed by atoms with Crippen LogP contribution in [-0.4, -0.2) is 76.2 Å². The van der Waals surface area contributed by atoms with E-state index >= 15 is 4.39 Å². The molecule has 0 spiro atoms. The average Bonchev–Trinajstić information content (AvgIpc) is 3.88. The van der Waals surface area contributed by atoms with Crippen LogP contribution in [0.4, 0.5) is 19.3 Å². The van der Waals surface area contributed by atoms with E-state index in [1.807, 2.05) is 0 Å². The molecule has 2 aromatic carbocycles. The van der Waals surface area contributed by atoms with Crippen molar-refractivity contribution in [2.45, 2.75) is 61.9 Å². The van der Waals surface area contributed by atoms with Crippen molar-refractivity contribution in [2.24, 2.45) is 5.11 Å². The van der Waals surface area contributed by atoms with Crippen LogP contribution in [0.25, 0.3) is 10.4 Å². The number of piperazine rings is 1. The van der Waals surface area contributed by atoms with Gasteiger partial charge in [0, 0.05) is 46.6 Å². The minimum atomic E-state index is -3.71. The fourth-order valence-electron chi connectivity index (χ4n) is 6.13. The van der Waals surface area contributed by atoms with Gasteiger partial charge in [-0.05, 0) is 73.5 Å². The van der Waals surface area contributed by atoms with Gasteiger partial charge in [-0.2, -0.15) is 4.31 Å². The molecule has 5 rings (SSSR count). The Kier molecular flexibility index (Phi) is 10.3. The van der Waals surface area contributed by atoms with E-state index in [1.54, 1.807) is 37.3 Å². The molecular formula is C31H32ClF2N7O5S. The van der Waals surface area contributed by atoms with Crippen molar-refractivity contribution in [1.82, 2.24) is 14.2 Å². The average molecular weight is 688 g/mol. The van der Waals surface area contributed by atoms with E-state index in [2.05, 4.69) is 20.3 Å². The van der Waals surface area contributed by atoms with Crippen LogP contribution >= 0.6 is 11.6 Å². The summed E-state index contributed by atoms with van der Waals surface area (Å²) in [5.41, 5.74) is 10.2. The molecule has 2 heterocycles. The van der Waals surface area contributed by atoms with Gasteiger partial charge in [0.05, 0.1) is 23.3 Å². The lowest BCUT2D eigenvalue weighted by atomic mass is 9.84. The highest BCUT2D eigenvalue weighted by Gasteiger charge is 2.47. The number of azide groups is 1. The van der Waals surface area contributed by atoms with Gasteiger partial charge in [-0.1, -0.05) is 41.0 Å². The van der Waals surface area contributed by atoms with Crippen molar-refractivity contribution in [3.05, 3.63) is 105 Å². The molecule has 16 heteroatoms. The summed E-state index contributed by atoms with van der Waals surface area (Å²) in [5.74, 6) is -3.15. The lowest BCUT2D eigenvalue weighted by Crippen LogP contribution is -2.61. The number of aromatic nitrogens is 1. The van der Waals surface area contributed by atoms with Gasteiger partial charge in [0.15, 0.2) is 0 Å². The summed E-state index contributed by atoms with van der Waals surface area (Å²) in [5, 5.41) is 15.9.